The molecule has 5 atom stereocenters. The van der Waals surface area contributed by atoms with Crippen LogP contribution >= 0.6 is 0 Å². The Hall–Kier alpha value is -2.04. The van der Waals surface area contributed by atoms with E-state index in [-0.39, 0.29) is 17.5 Å². The van der Waals surface area contributed by atoms with Crippen molar-refractivity contribution >= 4 is 17.1 Å². The highest BCUT2D eigenvalue weighted by Gasteiger charge is 2.56. The van der Waals surface area contributed by atoms with Crippen molar-refractivity contribution in [2.45, 2.75) is 63.8 Å². The number of unbranched alkanes of at least 4 members (excludes halogenated alkanes) is 1. The van der Waals surface area contributed by atoms with Gasteiger partial charge < -0.3 is 25.4 Å². The molecule has 1 unspecified atom stereocenters. The third-order valence-electron chi connectivity index (χ3n) is 4.53. The van der Waals surface area contributed by atoms with E-state index in [1.54, 1.807) is 0 Å². The Balaban J connectivity index is 2.01. The van der Waals surface area contributed by atoms with Crippen LogP contribution in [-0.4, -0.2) is 60.3 Å². The van der Waals surface area contributed by atoms with Crippen molar-refractivity contribution in [2.75, 3.05) is 12.3 Å². The molecule has 1 saturated heterocycles. The summed E-state index contributed by atoms with van der Waals surface area (Å²) < 4.78 is 27.7. The van der Waals surface area contributed by atoms with Crippen LogP contribution in [-0.2, 0) is 4.74 Å². The fraction of sp³-hybridized carbons (Fsp3) is 0.688. The zero-order chi connectivity index (χ0) is 19.1. The number of nitrogen functional groups attached to an aromatic ring is 1. The molecule has 1 aliphatic rings. The molecule has 0 aromatic carbocycles. The topological polar surface area (TPSA) is 129 Å². The van der Waals surface area contributed by atoms with Crippen LogP contribution in [0.15, 0.2) is 6.33 Å². The van der Waals surface area contributed by atoms with Gasteiger partial charge in [0.15, 0.2) is 23.1 Å². The molecule has 4 N–H and O–H groups in total. The lowest BCUT2D eigenvalue weighted by Gasteiger charge is -2.24. The maximum Gasteiger partial charge on any atom is 0.247 e. The summed E-state index contributed by atoms with van der Waals surface area (Å²) in [5.74, 6) is 0.169. The summed E-state index contributed by atoms with van der Waals surface area (Å²) in [6.07, 6.45) is -1.75. The lowest BCUT2D eigenvalue weighted by molar-refractivity contribution is -0.0795. The van der Waals surface area contributed by atoms with E-state index in [0.717, 1.165) is 12.8 Å². The number of aromatic nitrogens is 4. The fourth-order valence-electron chi connectivity index (χ4n) is 3.03. The monoisotopic (exact) mass is 369 g/mol. The van der Waals surface area contributed by atoms with Gasteiger partial charge in [0.1, 0.15) is 12.2 Å². The second-order valence-electron chi connectivity index (χ2n) is 6.70. The minimum absolute atomic E-state index is 0.0445. The number of anilines is 1. The molecule has 0 amide bonds. The highest BCUT2D eigenvalue weighted by molar-refractivity contribution is 5.77. The summed E-state index contributed by atoms with van der Waals surface area (Å²) in [5, 5.41) is 20.0. The maximum absolute atomic E-state index is 15.2. The average molecular weight is 369 g/mol. The fourth-order valence-corrected chi connectivity index (χ4v) is 3.03. The molecule has 1 fully saturated rings. The van der Waals surface area contributed by atoms with Crippen molar-refractivity contribution in [3.8, 4) is 5.88 Å². The molecule has 144 valence electrons. The van der Waals surface area contributed by atoms with E-state index in [4.69, 9.17) is 15.2 Å². The number of aliphatic hydroxyl groups excluding tert-OH is 2. The highest BCUT2D eigenvalue weighted by Crippen LogP contribution is 2.43. The van der Waals surface area contributed by atoms with Crippen molar-refractivity contribution in [3.05, 3.63) is 6.33 Å². The van der Waals surface area contributed by atoms with Gasteiger partial charge in [-0.2, -0.15) is 9.97 Å². The normalized spacial score (nSPS) is 30.0. The Bertz CT molecular complexity index is 781. The number of alkyl halides is 1. The van der Waals surface area contributed by atoms with E-state index in [0.29, 0.717) is 12.1 Å². The van der Waals surface area contributed by atoms with Crippen LogP contribution in [0, 0.1) is 0 Å². The van der Waals surface area contributed by atoms with Crippen LogP contribution in [0.1, 0.15) is 39.8 Å². The number of hydrogen-bond acceptors (Lipinski definition) is 8. The minimum Gasteiger partial charge on any atom is -0.476 e. The van der Waals surface area contributed by atoms with Crippen molar-refractivity contribution in [3.63, 3.8) is 0 Å². The standard InChI is InChI=1S/C16H24FN5O4/c1-4-5-6-25-13-9-12(20-15(18)21-13)22(7-19-9)14-16(3,17)11(24)10(26-14)8(2)23/h7-8,10-11,14,23-24H,4-6H2,1-3H3,(H2,18,20,21)/t8?,10-,11-,14-,16-/m1/s1. The molecule has 2 aromatic rings. The maximum atomic E-state index is 15.2. The molecule has 2 aromatic heterocycles. The average Bonchev–Trinajstić information content (AvgIpc) is 3.07. The van der Waals surface area contributed by atoms with Gasteiger partial charge in [0, 0.05) is 0 Å². The third-order valence-corrected chi connectivity index (χ3v) is 4.53. The summed E-state index contributed by atoms with van der Waals surface area (Å²) in [6.45, 7) is 5.11. The molecule has 3 rings (SSSR count). The van der Waals surface area contributed by atoms with Crippen LogP contribution in [0.4, 0.5) is 10.3 Å². The first-order valence-electron chi connectivity index (χ1n) is 8.60. The van der Waals surface area contributed by atoms with Crippen LogP contribution in [0.2, 0.25) is 0 Å². The molecule has 0 spiro atoms. The summed E-state index contributed by atoms with van der Waals surface area (Å²) in [7, 11) is 0. The molecule has 10 heteroatoms. The van der Waals surface area contributed by atoms with Crippen molar-refractivity contribution in [2.24, 2.45) is 0 Å². The Morgan fingerprint density at radius 2 is 2.23 bits per heavy atom. The van der Waals surface area contributed by atoms with E-state index >= 15 is 4.39 Å². The lowest BCUT2D eigenvalue weighted by Crippen LogP contribution is -2.42. The number of imidazole rings is 1. The van der Waals surface area contributed by atoms with Gasteiger partial charge in [0.25, 0.3) is 0 Å². The Morgan fingerprint density at radius 3 is 2.85 bits per heavy atom. The number of aliphatic hydroxyl groups is 2. The van der Waals surface area contributed by atoms with Gasteiger partial charge in [0.2, 0.25) is 11.8 Å². The van der Waals surface area contributed by atoms with Gasteiger partial charge in [0.05, 0.1) is 19.0 Å². The van der Waals surface area contributed by atoms with E-state index in [2.05, 4.69) is 15.0 Å². The zero-order valence-electron chi connectivity index (χ0n) is 15.0. The van der Waals surface area contributed by atoms with E-state index in [1.807, 2.05) is 6.92 Å². The molecule has 9 nitrogen and oxygen atoms in total. The number of nitrogens with zero attached hydrogens (tertiary/aromatic N) is 4. The predicted octanol–water partition coefficient (Wildman–Crippen LogP) is 0.955. The molecular weight excluding hydrogens is 345 g/mol. The van der Waals surface area contributed by atoms with Gasteiger partial charge in [-0.3, -0.25) is 4.57 Å². The number of rotatable bonds is 6. The van der Waals surface area contributed by atoms with Gasteiger partial charge in [-0.25, -0.2) is 9.37 Å². The summed E-state index contributed by atoms with van der Waals surface area (Å²) in [6, 6.07) is 0. The highest BCUT2D eigenvalue weighted by atomic mass is 19.1. The van der Waals surface area contributed by atoms with Gasteiger partial charge in [-0.1, -0.05) is 13.3 Å². The van der Waals surface area contributed by atoms with Crippen LogP contribution < -0.4 is 10.5 Å². The first kappa shape index (κ1) is 18.7. The predicted molar refractivity (Wildman–Crippen MR) is 91.2 cm³/mol. The lowest BCUT2D eigenvalue weighted by atomic mass is 9.96. The molecular formula is C16H24FN5O4. The first-order chi connectivity index (χ1) is 12.3. The molecule has 0 radical (unpaired) electrons. The SMILES string of the molecule is CCCCOc1nc(N)nc2c1ncn2[C@@H]1O[C@H](C(C)O)[C@@H](O)[C@@]1(C)F. The molecule has 0 saturated carbocycles. The van der Waals surface area contributed by atoms with Crippen LogP contribution in [0.25, 0.3) is 11.2 Å². The van der Waals surface area contributed by atoms with E-state index in [1.165, 1.54) is 24.7 Å². The number of fused-ring (bicyclic) bond motifs is 1. The Labute approximate surface area is 150 Å². The van der Waals surface area contributed by atoms with Gasteiger partial charge >= 0.3 is 0 Å². The smallest absolute Gasteiger partial charge is 0.247 e. The van der Waals surface area contributed by atoms with Crippen LogP contribution in [0.3, 0.4) is 0 Å². The van der Waals surface area contributed by atoms with E-state index in [9.17, 15) is 10.2 Å². The van der Waals surface area contributed by atoms with Gasteiger partial charge in [-0.15, -0.1) is 0 Å². The number of ether oxygens (including phenoxy) is 2. The Kier molecular flexibility index (Phi) is 5.00. The van der Waals surface area contributed by atoms with Crippen LogP contribution in [0.5, 0.6) is 5.88 Å². The number of nitrogens with two attached hydrogens (primary N) is 1. The molecule has 26 heavy (non-hydrogen) atoms. The third kappa shape index (κ3) is 3.08. The van der Waals surface area contributed by atoms with Gasteiger partial charge in [-0.05, 0) is 20.3 Å². The number of hydrogen-bond donors (Lipinski definition) is 3. The summed E-state index contributed by atoms with van der Waals surface area (Å²) in [5.41, 5.74) is 4.15. The van der Waals surface area contributed by atoms with Crippen molar-refractivity contribution in [1.29, 1.82) is 0 Å². The first-order valence-corrected chi connectivity index (χ1v) is 8.60. The molecule has 0 aliphatic carbocycles. The quantitative estimate of drug-likeness (QED) is 0.642. The zero-order valence-corrected chi connectivity index (χ0v) is 15.0. The van der Waals surface area contributed by atoms with E-state index < -0.39 is 30.2 Å². The minimum atomic E-state index is -2.17. The molecule has 1 aliphatic heterocycles. The summed E-state index contributed by atoms with van der Waals surface area (Å²) in [4.78, 5) is 12.4. The second-order valence-corrected chi connectivity index (χ2v) is 6.70. The number of halogens is 1. The van der Waals surface area contributed by atoms with Crippen molar-refractivity contribution < 1.29 is 24.1 Å². The molecule has 0 bridgehead atoms. The Morgan fingerprint density at radius 1 is 1.50 bits per heavy atom. The molecule has 3 heterocycles. The van der Waals surface area contributed by atoms with Crippen molar-refractivity contribution in [1.82, 2.24) is 19.5 Å². The second kappa shape index (κ2) is 6.93. The largest absolute Gasteiger partial charge is 0.476 e. The summed E-state index contributed by atoms with van der Waals surface area (Å²) >= 11 is 0.